The zero-order valence-electron chi connectivity index (χ0n) is 13.4. The van der Waals surface area contributed by atoms with E-state index in [2.05, 4.69) is 10.4 Å². The second-order valence-corrected chi connectivity index (χ2v) is 4.85. The van der Waals surface area contributed by atoms with Gasteiger partial charge in [-0.3, -0.25) is 19.6 Å². The summed E-state index contributed by atoms with van der Waals surface area (Å²) >= 11 is 0. The van der Waals surface area contributed by atoms with Crippen molar-refractivity contribution in [3.05, 3.63) is 46.3 Å². The van der Waals surface area contributed by atoms with Gasteiger partial charge in [-0.1, -0.05) is 6.07 Å². The van der Waals surface area contributed by atoms with Crippen LogP contribution in [0.2, 0.25) is 0 Å². The Hall–Kier alpha value is -3.10. The molecule has 0 aliphatic carbocycles. The minimum Gasteiger partial charge on any atom is -0.493 e. The molecule has 9 nitrogen and oxygen atoms in total. The molecule has 1 amide bonds. The van der Waals surface area contributed by atoms with Gasteiger partial charge in [-0.2, -0.15) is 5.10 Å². The Morgan fingerprint density at radius 2 is 2.21 bits per heavy atom. The number of carbonyl (C=O) groups is 1. The maximum atomic E-state index is 11.9. The summed E-state index contributed by atoms with van der Waals surface area (Å²) in [6.45, 7) is 2.61. The molecule has 24 heavy (non-hydrogen) atoms. The average Bonchev–Trinajstić information content (AvgIpc) is 3.03. The van der Waals surface area contributed by atoms with Gasteiger partial charge in [0, 0.05) is 6.54 Å². The van der Waals surface area contributed by atoms with E-state index in [9.17, 15) is 14.9 Å². The van der Waals surface area contributed by atoms with E-state index >= 15 is 0 Å². The largest absolute Gasteiger partial charge is 0.493 e. The number of hydrogen-bond donors (Lipinski definition) is 1. The van der Waals surface area contributed by atoms with Gasteiger partial charge in [0.2, 0.25) is 5.91 Å². The van der Waals surface area contributed by atoms with Gasteiger partial charge in [-0.05, 0) is 24.6 Å². The first-order valence-electron chi connectivity index (χ1n) is 7.26. The highest BCUT2D eigenvalue weighted by atomic mass is 16.6. The van der Waals surface area contributed by atoms with Crippen molar-refractivity contribution < 1.29 is 19.2 Å². The minimum atomic E-state index is -0.562. The summed E-state index contributed by atoms with van der Waals surface area (Å²) in [5.74, 6) is 0.922. The first kappa shape index (κ1) is 17.3. The number of aromatic nitrogens is 2. The lowest BCUT2D eigenvalue weighted by Crippen LogP contribution is -2.27. The summed E-state index contributed by atoms with van der Waals surface area (Å²) in [6, 6.07) is 5.39. The summed E-state index contributed by atoms with van der Waals surface area (Å²) < 4.78 is 11.9. The van der Waals surface area contributed by atoms with E-state index in [1.165, 1.54) is 10.9 Å². The fourth-order valence-corrected chi connectivity index (χ4v) is 2.03. The van der Waals surface area contributed by atoms with Gasteiger partial charge in [0.25, 0.3) is 0 Å². The predicted molar refractivity (Wildman–Crippen MR) is 84.9 cm³/mol. The van der Waals surface area contributed by atoms with Crippen molar-refractivity contribution in [1.82, 2.24) is 15.1 Å². The Morgan fingerprint density at radius 1 is 1.42 bits per heavy atom. The number of methoxy groups -OCH3 is 1. The lowest BCUT2D eigenvalue weighted by atomic mass is 10.2. The third-order valence-electron chi connectivity index (χ3n) is 3.15. The fraction of sp³-hybridized carbons (Fsp3) is 0.333. The highest BCUT2D eigenvalue weighted by molar-refractivity contribution is 5.75. The minimum absolute atomic E-state index is 0.0952. The van der Waals surface area contributed by atoms with E-state index in [0.717, 1.165) is 11.8 Å². The molecule has 0 radical (unpaired) electrons. The van der Waals surface area contributed by atoms with Crippen LogP contribution in [-0.2, 0) is 17.9 Å². The standard InChI is InChI=1S/C15H18N4O5/c1-3-24-13-5-4-11(6-14(13)23-2)7-16-15(20)10-18-9-12(8-17-18)19(21)22/h4-6,8-9H,3,7,10H2,1-2H3,(H,16,20). The van der Waals surface area contributed by atoms with E-state index in [4.69, 9.17) is 9.47 Å². The zero-order valence-corrected chi connectivity index (χ0v) is 13.4. The van der Waals surface area contributed by atoms with Gasteiger partial charge in [-0.15, -0.1) is 0 Å². The van der Waals surface area contributed by atoms with Crippen molar-refractivity contribution >= 4 is 11.6 Å². The van der Waals surface area contributed by atoms with Crippen LogP contribution in [0.5, 0.6) is 11.5 Å². The number of nitrogens with one attached hydrogen (secondary N) is 1. The predicted octanol–water partition coefficient (Wildman–Crippen LogP) is 1.51. The first-order chi connectivity index (χ1) is 11.5. The van der Waals surface area contributed by atoms with E-state index < -0.39 is 4.92 Å². The zero-order chi connectivity index (χ0) is 17.5. The Labute approximate surface area is 138 Å². The molecule has 1 aromatic carbocycles. The average molecular weight is 334 g/mol. The van der Waals surface area contributed by atoms with Crippen LogP contribution in [0.1, 0.15) is 12.5 Å². The third-order valence-corrected chi connectivity index (χ3v) is 3.15. The molecule has 0 spiro atoms. The van der Waals surface area contributed by atoms with Crippen LogP contribution in [-0.4, -0.2) is 34.3 Å². The number of nitro groups is 1. The van der Waals surface area contributed by atoms with Crippen molar-refractivity contribution in [3.63, 3.8) is 0 Å². The maximum Gasteiger partial charge on any atom is 0.307 e. The molecule has 2 rings (SSSR count). The van der Waals surface area contributed by atoms with Gasteiger partial charge in [0.05, 0.1) is 18.6 Å². The van der Waals surface area contributed by atoms with Crippen LogP contribution >= 0.6 is 0 Å². The van der Waals surface area contributed by atoms with Crippen LogP contribution in [0.15, 0.2) is 30.6 Å². The van der Waals surface area contributed by atoms with Crippen LogP contribution in [0, 0.1) is 10.1 Å². The molecule has 9 heteroatoms. The lowest BCUT2D eigenvalue weighted by molar-refractivity contribution is -0.385. The summed E-state index contributed by atoms with van der Waals surface area (Å²) in [6.07, 6.45) is 2.31. The molecule has 0 saturated carbocycles. The summed E-state index contributed by atoms with van der Waals surface area (Å²) in [4.78, 5) is 21.9. The van der Waals surface area contributed by atoms with E-state index in [1.807, 2.05) is 13.0 Å². The molecule has 0 aliphatic rings. The molecule has 1 heterocycles. The number of amides is 1. The topological polar surface area (TPSA) is 109 Å². The van der Waals surface area contributed by atoms with Gasteiger partial charge in [0.1, 0.15) is 18.9 Å². The number of benzene rings is 1. The second-order valence-electron chi connectivity index (χ2n) is 4.85. The van der Waals surface area contributed by atoms with Crippen LogP contribution < -0.4 is 14.8 Å². The summed E-state index contributed by atoms with van der Waals surface area (Å²) in [5.41, 5.74) is 0.689. The number of carbonyl (C=O) groups excluding carboxylic acids is 1. The molecule has 1 N–H and O–H groups in total. The number of hydrogen-bond acceptors (Lipinski definition) is 6. The normalized spacial score (nSPS) is 10.2. The summed E-state index contributed by atoms with van der Waals surface area (Å²) in [5, 5.41) is 17.1. The molecule has 2 aromatic rings. The Bertz CT molecular complexity index is 728. The Morgan fingerprint density at radius 3 is 2.83 bits per heavy atom. The van der Waals surface area contributed by atoms with Gasteiger partial charge in [0.15, 0.2) is 11.5 Å². The number of nitrogens with zero attached hydrogens (tertiary/aromatic N) is 3. The molecule has 0 saturated heterocycles. The van der Waals surface area contributed by atoms with Crippen LogP contribution in [0.3, 0.4) is 0 Å². The monoisotopic (exact) mass is 334 g/mol. The Kier molecular flexibility index (Phi) is 5.72. The highest BCUT2D eigenvalue weighted by Crippen LogP contribution is 2.27. The molecule has 128 valence electrons. The molecular formula is C15H18N4O5. The molecule has 0 bridgehead atoms. The quantitative estimate of drug-likeness (QED) is 0.579. The number of rotatable bonds is 8. The van der Waals surface area contributed by atoms with Gasteiger partial charge < -0.3 is 14.8 Å². The number of ether oxygens (including phenoxy) is 2. The van der Waals surface area contributed by atoms with Gasteiger partial charge >= 0.3 is 5.69 Å². The molecule has 1 aromatic heterocycles. The van der Waals surface area contributed by atoms with Crippen molar-refractivity contribution in [1.29, 1.82) is 0 Å². The third kappa shape index (κ3) is 4.45. The van der Waals surface area contributed by atoms with Crippen molar-refractivity contribution in [2.45, 2.75) is 20.0 Å². The first-order valence-corrected chi connectivity index (χ1v) is 7.26. The Balaban J connectivity index is 1.92. The van der Waals surface area contributed by atoms with E-state index in [0.29, 0.717) is 24.7 Å². The molecule has 0 unspecified atom stereocenters. The molecule has 0 aliphatic heterocycles. The molecule has 0 fully saturated rings. The van der Waals surface area contributed by atoms with Gasteiger partial charge in [-0.25, -0.2) is 0 Å². The fourth-order valence-electron chi connectivity index (χ4n) is 2.03. The smallest absolute Gasteiger partial charge is 0.307 e. The SMILES string of the molecule is CCOc1ccc(CNC(=O)Cn2cc([N+](=O)[O-])cn2)cc1OC. The lowest BCUT2D eigenvalue weighted by Gasteiger charge is -2.11. The van der Waals surface area contributed by atoms with Crippen LogP contribution in [0.25, 0.3) is 0 Å². The summed E-state index contributed by atoms with van der Waals surface area (Å²) in [7, 11) is 1.55. The van der Waals surface area contributed by atoms with Crippen molar-refractivity contribution in [2.75, 3.05) is 13.7 Å². The maximum absolute atomic E-state index is 11.9. The van der Waals surface area contributed by atoms with Crippen LogP contribution in [0.4, 0.5) is 5.69 Å². The van der Waals surface area contributed by atoms with E-state index in [1.54, 1.807) is 19.2 Å². The van der Waals surface area contributed by atoms with Crippen molar-refractivity contribution in [3.8, 4) is 11.5 Å². The van der Waals surface area contributed by atoms with Crippen molar-refractivity contribution in [2.24, 2.45) is 0 Å². The molecule has 0 atom stereocenters. The molecular weight excluding hydrogens is 316 g/mol. The second kappa shape index (κ2) is 7.95. The highest BCUT2D eigenvalue weighted by Gasteiger charge is 2.11. The van der Waals surface area contributed by atoms with E-state index in [-0.39, 0.29) is 18.1 Å².